The van der Waals surface area contributed by atoms with Crippen LogP contribution in [0, 0.1) is 0 Å². The van der Waals surface area contributed by atoms with Crippen molar-refractivity contribution in [3.63, 3.8) is 0 Å². The third-order valence-corrected chi connectivity index (χ3v) is 1.43. The summed E-state index contributed by atoms with van der Waals surface area (Å²) in [5.41, 5.74) is 0. The average molecular weight is 234 g/mol. The predicted molar refractivity (Wildman–Crippen MR) is 56.2 cm³/mol. The normalized spacial score (nSPS) is 10.0. The lowest BCUT2D eigenvalue weighted by molar-refractivity contribution is -0.142. The lowest BCUT2D eigenvalue weighted by atomic mass is 10.7. The molecule has 0 rings (SSSR count). The van der Waals surface area contributed by atoms with Crippen LogP contribution in [-0.4, -0.2) is 57.3 Å². The molecule has 0 aromatic carbocycles. The van der Waals surface area contributed by atoms with E-state index in [1.165, 1.54) is 6.26 Å². The molecule has 6 nitrogen and oxygen atoms in total. The van der Waals surface area contributed by atoms with Crippen molar-refractivity contribution in [2.45, 2.75) is 0 Å². The van der Waals surface area contributed by atoms with Crippen LogP contribution in [0.15, 0.2) is 12.8 Å². The molecule has 0 heterocycles. The lowest BCUT2D eigenvalue weighted by Crippen LogP contribution is -2.13. The van der Waals surface area contributed by atoms with Gasteiger partial charge >= 0.3 is 5.97 Å². The zero-order valence-corrected chi connectivity index (χ0v) is 9.22. The van der Waals surface area contributed by atoms with E-state index in [9.17, 15) is 4.79 Å². The molecule has 1 N–H and O–H groups in total. The highest BCUT2D eigenvalue weighted by Crippen LogP contribution is 1.82. The van der Waals surface area contributed by atoms with Crippen molar-refractivity contribution >= 4 is 5.97 Å². The Morgan fingerprint density at radius 1 is 1.00 bits per heavy atom. The molecule has 6 heteroatoms. The molecule has 0 fully saturated rings. The Kier molecular flexibility index (Phi) is 11.1. The SMILES string of the molecule is C=COCCOCCOCCOCC(=O)O. The Bertz CT molecular complexity index is 182. The zero-order chi connectivity index (χ0) is 12.1. The van der Waals surface area contributed by atoms with Crippen LogP contribution in [0.25, 0.3) is 0 Å². The van der Waals surface area contributed by atoms with Gasteiger partial charge in [-0.25, -0.2) is 4.79 Å². The van der Waals surface area contributed by atoms with Crippen LogP contribution in [0.1, 0.15) is 0 Å². The van der Waals surface area contributed by atoms with Gasteiger partial charge < -0.3 is 24.1 Å². The monoisotopic (exact) mass is 234 g/mol. The molecule has 0 aliphatic heterocycles. The number of aliphatic carboxylic acids is 1. The van der Waals surface area contributed by atoms with Crippen molar-refractivity contribution in [1.82, 2.24) is 0 Å². The maximum absolute atomic E-state index is 10.1. The molecule has 0 radical (unpaired) electrons. The Morgan fingerprint density at radius 2 is 1.50 bits per heavy atom. The second-order valence-electron chi connectivity index (χ2n) is 2.71. The Morgan fingerprint density at radius 3 is 2.00 bits per heavy atom. The van der Waals surface area contributed by atoms with Gasteiger partial charge in [0, 0.05) is 0 Å². The third kappa shape index (κ3) is 12.9. The van der Waals surface area contributed by atoms with Crippen molar-refractivity contribution in [2.24, 2.45) is 0 Å². The lowest BCUT2D eigenvalue weighted by Gasteiger charge is -2.05. The van der Waals surface area contributed by atoms with E-state index in [-0.39, 0.29) is 13.2 Å². The minimum Gasteiger partial charge on any atom is -0.499 e. The van der Waals surface area contributed by atoms with Gasteiger partial charge in [0.1, 0.15) is 13.2 Å². The number of carbonyl (C=O) groups is 1. The standard InChI is InChI=1S/C10H18O6/c1-2-13-3-4-14-5-6-15-7-8-16-9-10(11)12/h2H,1,3-9H2,(H,11,12). The summed E-state index contributed by atoms with van der Waals surface area (Å²) in [5.74, 6) is -0.981. The summed E-state index contributed by atoms with van der Waals surface area (Å²) in [6.07, 6.45) is 1.36. The molecule has 0 saturated heterocycles. The maximum atomic E-state index is 10.1. The summed E-state index contributed by atoms with van der Waals surface area (Å²) < 4.78 is 19.9. The van der Waals surface area contributed by atoms with Crippen LogP contribution < -0.4 is 0 Å². The predicted octanol–water partition coefficient (Wildman–Crippen LogP) is 0.281. The Balaban J connectivity index is 2.93. The molecule has 0 amide bonds. The fraction of sp³-hybridized carbons (Fsp3) is 0.700. The molecule has 0 aromatic rings. The molecule has 0 saturated carbocycles. The molecular weight excluding hydrogens is 216 g/mol. The first-order valence-corrected chi connectivity index (χ1v) is 4.95. The van der Waals surface area contributed by atoms with Crippen molar-refractivity contribution in [2.75, 3.05) is 46.2 Å². The van der Waals surface area contributed by atoms with E-state index in [1.54, 1.807) is 0 Å². The summed E-state index contributed by atoms with van der Waals surface area (Å²) >= 11 is 0. The van der Waals surface area contributed by atoms with Gasteiger partial charge in [-0.05, 0) is 0 Å². The van der Waals surface area contributed by atoms with Crippen LogP contribution >= 0.6 is 0 Å². The number of rotatable bonds is 12. The summed E-state index contributed by atoms with van der Waals surface area (Å²) in [6, 6.07) is 0. The fourth-order valence-electron chi connectivity index (χ4n) is 0.790. The van der Waals surface area contributed by atoms with Crippen molar-refractivity contribution in [3.05, 3.63) is 12.8 Å². The second-order valence-corrected chi connectivity index (χ2v) is 2.71. The smallest absolute Gasteiger partial charge is 0.329 e. The molecule has 0 atom stereocenters. The molecular formula is C10H18O6. The molecule has 0 aliphatic rings. The van der Waals surface area contributed by atoms with E-state index >= 15 is 0 Å². The molecule has 0 aromatic heterocycles. The number of ether oxygens (including phenoxy) is 4. The third-order valence-electron chi connectivity index (χ3n) is 1.43. The number of carboxylic acid groups (broad SMARTS) is 1. The van der Waals surface area contributed by atoms with E-state index < -0.39 is 5.97 Å². The highest BCUT2D eigenvalue weighted by molar-refractivity contribution is 5.67. The molecule has 0 bridgehead atoms. The van der Waals surface area contributed by atoms with E-state index in [0.717, 1.165) is 0 Å². The van der Waals surface area contributed by atoms with Crippen molar-refractivity contribution in [1.29, 1.82) is 0 Å². The Labute approximate surface area is 94.7 Å². The highest BCUT2D eigenvalue weighted by atomic mass is 16.6. The number of carboxylic acids is 1. The molecule has 0 unspecified atom stereocenters. The fourth-order valence-corrected chi connectivity index (χ4v) is 0.790. The molecule has 0 spiro atoms. The number of hydrogen-bond donors (Lipinski definition) is 1. The largest absolute Gasteiger partial charge is 0.499 e. The van der Waals surface area contributed by atoms with Gasteiger partial charge in [0.25, 0.3) is 0 Å². The van der Waals surface area contributed by atoms with E-state index in [2.05, 4.69) is 6.58 Å². The maximum Gasteiger partial charge on any atom is 0.329 e. The van der Waals surface area contributed by atoms with Crippen molar-refractivity contribution < 1.29 is 28.8 Å². The van der Waals surface area contributed by atoms with Crippen LogP contribution in [0.5, 0.6) is 0 Å². The molecule has 94 valence electrons. The van der Waals surface area contributed by atoms with Gasteiger partial charge in [-0.3, -0.25) is 0 Å². The first-order chi connectivity index (χ1) is 7.77. The van der Waals surface area contributed by atoms with E-state index in [0.29, 0.717) is 33.0 Å². The number of hydrogen-bond acceptors (Lipinski definition) is 5. The van der Waals surface area contributed by atoms with E-state index in [1.807, 2.05) is 0 Å². The van der Waals surface area contributed by atoms with Gasteiger partial charge in [-0.2, -0.15) is 0 Å². The van der Waals surface area contributed by atoms with Crippen LogP contribution in [-0.2, 0) is 23.7 Å². The average Bonchev–Trinajstić information content (AvgIpc) is 2.25. The van der Waals surface area contributed by atoms with Gasteiger partial charge in [0.05, 0.1) is 39.3 Å². The first kappa shape index (κ1) is 14.9. The quantitative estimate of drug-likeness (QED) is 0.386. The Hall–Kier alpha value is -1.11. The summed E-state index contributed by atoms with van der Waals surface area (Å²) in [4.78, 5) is 10.1. The minimum atomic E-state index is -0.981. The molecule has 16 heavy (non-hydrogen) atoms. The van der Waals surface area contributed by atoms with Crippen LogP contribution in [0.3, 0.4) is 0 Å². The topological polar surface area (TPSA) is 74.2 Å². The summed E-state index contributed by atoms with van der Waals surface area (Å²) in [6.45, 7) is 5.62. The minimum absolute atomic E-state index is 0.270. The van der Waals surface area contributed by atoms with E-state index in [4.69, 9.17) is 24.1 Å². The van der Waals surface area contributed by atoms with Gasteiger partial charge in [0.2, 0.25) is 0 Å². The highest BCUT2D eigenvalue weighted by Gasteiger charge is 1.95. The van der Waals surface area contributed by atoms with Gasteiger partial charge in [-0.1, -0.05) is 6.58 Å². The zero-order valence-electron chi connectivity index (χ0n) is 9.22. The van der Waals surface area contributed by atoms with Gasteiger partial charge in [-0.15, -0.1) is 0 Å². The first-order valence-electron chi connectivity index (χ1n) is 4.95. The van der Waals surface area contributed by atoms with Crippen molar-refractivity contribution in [3.8, 4) is 0 Å². The second kappa shape index (κ2) is 12.0. The van der Waals surface area contributed by atoms with Crippen LogP contribution in [0.2, 0.25) is 0 Å². The van der Waals surface area contributed by atoms with Crippen LogP contribution in [0.4, 0.5) is 0 Å². The van der Waals surface area contributed by atoms with Gasteiger partial charge in [0.15, 0.2) is 0 Å². The summed E-state index contributed by atoms with van der Waals surface area (Å²) in [7, 11) is 0. The molecule has 0 aliphatic carbocycles. The summed E-state index contributed by atoms with van der Waals surface area (Å²) in [5, 5.41) is 8.25.